The summed E-state index contributed by atoms with van der Waals surface area (Å²) in [7, 11) is 0. The molecule has 6 rings (SSSR count). The van der Waals surface area contributed by atoms with E-state index in [1.54, 1.807) is 6.07 Å². The van der Waals surface area contributed by atoms with Crippen molar-refractivity contribution < 1.29 is 33.1 Å². The van der Waals surface area contributed by atoms with Crippen LogP contribution in [0.15, 0.2) is 23.4 Å². The lowest BCUT2D eigenvalue weighted by Crippen LogP contribution is -2.34. The van der Waals surface area contributed by atoms with Gasteiger partial charge < -0.3 is 40.4 Å². The third-order valence-corrected chi connectivity index (χ3v) is 11.9. The number of ether oxygens (including phenoxy) is 1. The van der Waals surface area contributed by atoms with Gasteiger partial charge in [-0.25, -0.2) is 23.4 Å². The molecule has 2 aliphatic heterocycles. The number of alkyl halides is 2. The summed E-state index contributed by atoms with van der Waals surface area (Å²) >= 11 is 6.43. The molecule has 0 bridgehead atoms. The Bertz CT molecular complexity index is 1740. The number of rotatable bonds is 8. The molecule has 4 aromatic rings. The lowest BCUT2D eigenvalue weighted by atomic mass is 10.1. The Labute approximate surface area is 243 Å². The molecule has 21 heteroatoms. The van der Waals surface area contributed by atoms with Crippen LogP contribution in [0.3, 0.4) is 0 Å². The lowest BCUT2D eigenvalue weighted by Gasteiger charge is -2.29. The lowest BCUT2D eigenvalue weighted by molar-refractivity contribution is -0.0413. The summed E-state index contributed by atoms with van der Waals surface area (Å²) in [5, 5.41) is 26.4. The number of nitrogens with two attached hydrogens (primary N) is 2. The highest BCUT2D eigenvalue weighted by atomic mass is 32.5. The monoisotopic (exact) mass is 646 g/mol. The molecule has 0 aliphatic carbocycles. The fraction of sp³-hybridized carbons (Fsp3) is 0.524. The number of hydrogen-bond acceptors (Lipinski definition) is 14. The average molecular weight is 647 g/mol. The summed E-state index contributed by atoms with van der Waals surface area (Å²) in [6.45, 7) is -5.03. The molecule has 2 aliphatic rings. The van der Waals surface area contributed by atoms with E-state index in [-0.39, 0.29) is 41.6 Å². The van der Waals surface area contributed by atoms with Gasteiger partial charge in [-0.3, -0.25) is 9.78 Å². The molecule has 0 saturated carbocycles. The Morgan fingerprint density at radius 2 is 2.05 bits per heavy atom. The first-order chi connectivity index (χ1) is 20.0. The van der Waals surface area contributed by atoms with E-state index < -0.39 is 65.7 Å². The minimum atomic E-state index is -4.12. The maximum absolute atomic E-state index is 15.9. The summed E-state index contributed by atoms with van der Waals surface area (Å²) in [6.07, 6.45) is -5.27. The van der Waals surface area contributed by atoms with Crippen molar-refractivity contribution in [3.05, 3.63) is 28.9 Å². The second-order valence-electron chi connectivity index (χ2n) is 9.75. The fourth-order valence-electron chi connectivity index (χ4n) is 5.17. The Morgan fingerprint density at radius 3 is 2.81 bits per heavy atom. The molecular formula is C21H25F2N10O6PS2. The van der Waals surface area contributed by atoms with E-state index in [0.29, 0.717) is 5.39 Å². The van der Waals surface area contributed by atoms with E-state index in [2.05, 4.69) is 30.2 Å². The number of aromatic amines is 1. The molecule has 0 amide bonds. The van der Waals surface area contributed by atoms with Crippen molar-refractivity contribution in [2.45, 2.75) is 53.5 Å². The Morgan fingerprint density at radius 1 is 1.26 bits per heavy atom. The van der Waals surface area contributed by atoms with Crippen LogP contribution in [0.2, 0.25) is 0 Å². The minimum Gasteiger partial charge on any atom is -0.396 e. The highest BCUT2D eigenvalue weighted by molar-refractivity contribution is 8.10. The van der Waals surface area contributed by atoms with Crippen LogP contribution in [0.5, 0.6) is 0 Å². The number of aliphatic hydroxyl groups excluding tert-OH is 2. The van der Waals surface area contributed by atoms with Crippen LogP contribution in [-0.4, -0.2) is 103 Å². The van der Waals surface area contributed by atoms with Crippen molar-refractivity contribution in [2.24, 2.45) is 0 Å². The quantitative estimate of drug-likeness (QED) is 0.135. The SMILES string of the molecule is Nc1nc2c(nnn2[C@@H]2S[C@H](CCO)[C@@H](F)[C@H]2P(O)(=S)OC[C@H]2O[C@@H](n3ccc4c(N)ncnc43)[C@@H](F)[C@@H]2O)c(=O)[nH]1. The van der Waals surface area contributed by atoms with Crippen molar-refractivity contribution in [3.8, 4) is 0 Å². The molecule has 9 atom stereocenters. The Balaban J connectivity index is 1.25. The molecule has 4 aromatic heterocycles. The zero-order chi connectivity index (χ0) is 29.9. The Kier molecular flexibility index (Phi) is 7.67. The van der Waals surface area contributed by atoms with Gasteiger partial charge in [0.25, 0.3) is 5.56 Å². The molecule has 0 spiro atoms. The third-order valence-electron chi connectivity index (χ3n) is 7.20. The van der Waals surface area contributed by atoms with Gasteiger partial charge in [0.15, 0.2) is 30.1 Å². The van der Waals surface area contributed by atoms with Gasteiger partial charge in [0.2, 0.25) is 5.95 Å². The number of thioether (sulfide) groups is 1. The number of nitrogens with zero attached hydrogens (tertiary/aromatic N) is 7. The molecule has 2 saturated heterocycles. The molecule has 0 radical (unpaired) electrons. The summed E-state index contributed by atoms with van der Waals surface area (Å²) < 4.78 is 45.0. The van der Waals surface area contributed by atoms with Crippen LogP contribution in [0.4, 0.5) is 20.5 Å². The maximum atomic E-state index is 15.9. The third kappa shape index (κ3) is 4.84. The molecule has 8 N–H and O–H groups in total. The summed E-state index contributed by atoms with van der Waals surface area (Å²) in [5.41, 5.74) is 9.51. The average Bonchev–Trinajstić information content (AvgIpc) is 3.69. The molecule has 42 heavy (non-hydrogen) atoms. The standard InChI is InChI=1S/C21H25F2N10O6PS2/c22-10-9(2-4-34)42-20(33-17-12(30-31-33)18(36)29-21(25)28-17)14(10)40(37,41)38-5-8-13(35)11(23)19(39-8)32-3-1-7-15(24)26-6-27-16(7)32/h1,3,6,8-11,13-14,19-20,34-35H,2,4-5H2,(H,37,41)(H2,24,26,27)(H3,25,28,29,36)/t8-,9-,10-,11+,13-,14-,19-,20-,40?/m1/s1. The molecule has 16 nitrogen and oxygen atoms in total. The van der Waals surface area contributed by atoms with Crippen molar-refractivity contribution >= 4 is 64.0 Å². The number of H-pyrrole nitrogens is 1. The fourth-order valence-corrected chi connectivity index (χ4v) is 10.1. The smallest absolute Gasteiger partial charge is 0.282 e. The number of anilines is 2. The maximum Gasteiger partial charge on any atom is 0.282 e. The zero-order valence-corrected chi connectivity index (χ0v) is 23.9. The van der Waals surface area contributed by atoms with Crippen LogP contribution >= 0.6 is 18.3 Å². The number of nitrogen functional groups attached to an aromatic ring is 2. The van der Waals surface area contributed by atoms with Gasteiger partial charge in [0.1, 0.15) is 41.5 Å². The van der Waals surface area contributed by atoms with Crippen LogP contribution in [0.1, 0.15) is 18.0 Å². The number of aliphatic hydroxyl groups is 2. The summed E-state index contributed by atoms with van der Waals surface area (Å²) in [6, 6.07) is 1.58. The second kappa shape index (κ2) is 11.0. The van der Waals surface area contributed by atoms with Crippen molar-refractivity contribution in [2.75, 3.05) is 24.7 Å². The molecule has 226 valence electrons. The number of fused-ring (bicyclic) bond motifs is 2. The highest BCUT2D eigenvalue weighted by Crippen LogP contribution is 2.63. The van der Waals surface area contributed by atoms with Gasteiger partial charge in [-0.2, -0.15) is 4.98 Å². The molecule has 0 aromatic carbocycles. The van der Waals surface area contributed by atoms with Crippen molar-refractivity contribution in [1.82, 2.24) is 39.5 Å². The van der Waals surface area contributed by atoms with Gasteiger partial charge in [-0.15, -0.1) is 16.9 Å². The van der Waals surface area contributed by atoms with Gasteiger partial charge in [-0.1, -0.05) is 5.21 Å². The number of nitrogens with one attached hydrogen (secondary N) is 1. The van der Waals surface area contributed by atoms with E-state index in [1.165, 1.54) is 17.1 Å². The highest BCUT2D eigenvalue weighted by Gasteiger charge is 2.54. The second-order valence-corrected chi connectivity index (χ2v) is 14.7. The van der Waals surface area contributed by atoms with Crippen molar-refractivity contribution in [3.63, 3.8) is 0 Å². The van der Waals surface area contributed by atoms with Gasteiger partial charge >= 0.3 is 0 Å². The van der Waals surface area contributed by atoms with E-state index in [9.17, 15) is 19.9 Å². The van der Waals surface area contributed by atoms with Crippen LogP contribution in [0, 0.1) is 0 Å². The number of hydrogen-bond donors (Lipinski definition) is 6. The minimum absolute atomic E-state index is 0.0194. The first kappa shape index (κ1) is 29.2. The van der Waals surface area contributed by atoms with Crippen LogP contribution < -0.4 is 17.0 Å². The van der Waals surface area contributed by atoms with Crippen LogP contribution in [-0.2, 0) is 21.1 Å². The summed E-state index contributed by atoms with van der Waals surface area (Å²) in [4.78, 5) is 38.0. The first-order valence-corrected chi connectivity index (χ1v) is 16.2. The Hall–Kier alpha value is -2.84. The van der Waals surface area contributed by atoms with Gasteiger partial charge in [0.05, 0.1) is 17.7 Å². The predicted molar refractivity (Wildman–Crippen MR) is 150 cm³/mol. The molecule has 2 fully saturated rings. The topological polar surface area (TPSA) is 238 Å². The summed E-state index contributed by atoms with van der Waals surface area (Å²) in [5.74, 6) is -0.0493. The van der Waals surface area contributed by atoms with E-state index in [0.717, 1.165) is 16.4 Å². The zero-order valence-electron chi connectivity index (χ0n) is 21.3. The van der Waals surface area contributed by atoms with E-state index >= 15 is 8.78 Å². The van der Waals surface area contributed by atoms with E-state index in [4.69, 9.17) is 32.5 Å². The predicted octanol–water partition coefficient (Wildman–Crippen LogP) is -0.258. The normalized spacial score (nSPS) is 31.3. The first-order valence-electron chi connectivity index (χ1n) is 12.5. The number of aromatic nitrogens is 8. The molecular weight excluding hydrogens is 621 g/mol. The van der Waals surface area contributed by atoms with Gasteiger partial charge in [0, 0.05) is 18.1 Å². The molecule has 1 unspecified atom stereocenters. The van der Waals surface area contributed by atoms with Crippen molar-refractivity contribution in [1.29, 1.82) is 0 Å². The molecule has 6 heterocycles. The number of halogens is 2. The largest absolute Gasteiger partial charge is 0.396 e. The van der Waals surface area contributed by atoms with Gasteiger partial charge in [-0.05, 0) is 24.3 Å². The van der Waals surface area contributed by atoms with Crippen LogP contribution in [0.25, 0.3) is 22.2 Å². The van der Waals surface area contributed by atoms with E-state index in [1.807, 2.05) is 0 Å².